The zero-order chi connectivity index (χ0) is 21.7. The van der Waals surface area contributed by atoms with Gasteiger partial charge in [0.1, 0.15) is 17.2 Å². The molecule has 2 aromatic carbocycles. The topological polar surface area (TPSA) is 43.8 Å². The van der Waals surface area contributed by atoms with Crippen LogP contribution >= 0.6 is 0 Å². The molecule has 30 heavy (non-hydrogen) atoms. The maximum absolute atomic E-state index is 13.5. The Kier molecular flexibility index (Phi) is 7.21. The Bertz CT molecular complexity index is 784. The normalized spacial score (nSPS) is 15.9. The second kappa shape index (κ2) is 9.67. The van der Waals surface area contributed by atoms with Crippen LogP contribution in [0.5, 0.6) is 0 Å². The summed E-state index contributed by atoms with van der Waals surface area (Å²) in [4.78, 5) is 15.7. The van der Waals surface area contributed by atoms with Gasteiger partial charge < -0.3 is 14.9 Å². The maximum atomic E-state index is 13.5. The fourth-order valence-electron chi connectivity index (χ4n) is 4.30. The molecular weight excluding hydrogens is 386 g/mol. The summed E-state index contributed by atoms with van der Waals surface area (Å²) in [6.07, 6.45) is 2.85. The Morgan fingerprint density at radius 3 is 1.90 bits per heavy atom. The monoisotopic (exact) mass is 416 g/mol. The summed E-state index contributed by atoms with van der Waals surface area (Å²) in [5, 5.41) is 11.8. The van der Waals surface area contributed by atoms with Gasteiger partial charge in [0.05, 0.1) is 0 Å². The number of hydrogen-bond donors (Lipinski definition) is 1. The third-order valence-corrected chi connectivity index (χ3v) is 6.11. The quantitative estimate of drug-likeness (QED) is 0.747. The van der Waals surface area contributed by atoms with Crippen molar-refractivity contribution in [3.8, 4) is 0 Å². The molecule has 6 heteroatoms. The van der Waals surface area contributed by atoms with Crippen LogP contribution < -0.4 is 0 Å². The third kappa shape index (κ3) is 5.05. The third-order valence-electron chi connectivity index (χ3n) is 6.11. The van der Waals surface area contributed by atoms with E-state index in [1.54, 1.807) is 43.3 Å². The molecule has 4 nitrogen and oxygen atoms in total. The van der Waals surface area contributed by atoms with E-state index in [1.807, 2.05) is 0 Å². The zero-order valence-corrected chi connectivity index (χ0v) is 17.7. The largest absolute Gasteiger partial charge is 0.380 e. The SMILES string of the molecule is CN(C)C(=O)CCCN1CCC(C(O)(c2ccc(F)cc2)c2ccc(F)cc2)CC1. The van der Waals surface area contributed by atoms with Gasteiger partial charge in [-0.05, 0) is 80.2 Å². The molecule has 0 aromatic heterocycles. The number of aliphatic hydroxyl groups is 1. The summed E-state index contributed by atoms with van der Waals surface area (Å²) < 4.78 is 27.0. The van der Waals surface area contributed by atoms with E-state index in [2.05, 4.69) is 4.90 Å². The molecule has 0 unspecified atom stereocenters. The second-order valence-electron chi connectivity index (χ2n) is 8.29. The van der Waals surface area contributed by atoms with Gasteiger partial charge in [0.2, 0.25) is 5.91 Å². The van der Waals surface area contributed by atoms with Crippen LogP contribution in [-0.4, -0.2) is 54.5 Å². The molecular formula is C24H30F2N2O2. The molecule has 0 radical (unpaired) electrons. The van der Waals surface area contributed by atoms with Crippen LogP contribution in [0.2, 0.25) is 0 Å². The van der Waals surface area contributed by atoms with E-state index in [0.29, 0.717) is 17.5 Å². The lowest BCUT2D eigenvalue weighted by Crippen LogP contribution is -2.44. The number of amides is 1. The predicted molar refractivity (Wildman–Crippen MR) is 113 cm³/mol. The zero-order valence-electron chi connectivity index (χ0n) is 17.7. The minimum absolute atomic E-state index is 0.0759. The lowest BCUT2D eigenvalue weighted by atomic mass is 9.72. The molecule has 1 heterocycles. The van der Waals surface area contributed by atoms with Crippen LogP contribution in [0.3, 0.4) is 0 Å². The molecule has 1 N–H and O–H groups in total. The van der Waals surface area contributed by atoms with Gasteiger partial charge in [0.25, 0.3) is 0 Å². The number of nitrogens with zero attached hydrogens (tertiary/aromatic N) is 2. The van der Waals surface area contributed by atoms with Crippen molar-refractivity contribution in [2.45, 2.75) is 31.3 Å². The number of carbonyl (C=O) groups excluding carboxylic acids is 1. The fraction of sp³-hybridized carbons (Fsp3) is 0.458. The van der Waals surface area contributed by atoms with E-state index in [1.165, 1.54) is 24.3 Å². The summed E-state index contributed by atoms with van der Waals surface area (Å²) >= 11 is 0. The van der Waals surface area contributed by atoms with Gasteiger partial charge in [-0.25, -0.2) is 8.78 Å². The van der Waals surface area contributed by atoms with Crippen LogP contribution in [0.25, 0.3) is 0 Å². The first-order valence-electron chi connectivity index (χ1n) is 10.5. The summed E-state index contributed by atoms with van der Waals surface area (Å²) in [6, 6.07) is 11.8. The van der Waals surface area contributed by atoms with Crippen molar-refractivity contribution >= 4 is 5.91 Å². The molecule has 162 valence electrons. The van der Waals surface area contributed by atoms with Crippen LogP contribution in [0.1, 0.15) is 36.8 Å². The van der Waals surface area contributed by atoms with E-state index in [0.717, 1.165) is 38.9 Å². The lowest BCUT2D eigenvalue weighted by Gasteiger charge is -2.42. The molecule has 1 amide bonds. The molecule has 0 atom stereocenters. The molecule has 0 spiro atoms. The first kappa shape index (κ1) is 22.4. The molecule has 1 aliphatic rings. The van der Waals surface area contributed by atoms with Crippen molar-refractivity contribution in [1.82, 2.24) is 9.80 Å². The molecule has 0 aliphatic carbocycles. The van der Waals surface area contributed by atoms with Crippen molar-refractivity contribution in [2.75, 3.05) is 33.7 Å². The van der Waals surface area contributed by atoms with Crippen molar-refractivity contribution < 1.29 is 18.7 Å². The molecule has 2 aromatic rings. The smallest absolute Gasteiger partial charge is 0.222 e. The number of carbonyl (C=O) groups is 1. The minimum Gasteiger partial charge on any atom is -0.380 e. The van der Waals surface area contributed by atoms with E-state index in [4.69, 9.17) is 0 Å². The molecule has 0 saturated carbocycles. The molecule has 1 saturated heterocycles. The van der Waals surface area contributed by atoms with Crippen LogP contribution in [0, 0.1) is 17.6 Å². The number of likely N-dealkylation sites (tertiary alicyclic amines) is 1. The number of benzene rings is 2. The van der Waals surface area contributed by atoms with Gasteiger partial charge >= 0.3 is 0 Å². The second-order valence-corrected chi connectivity index (χ2v) is 8.29. The Hall–Kier alpha value is -2.31. The highest BCUT2D eigenvalue weighted by atomic mass is 19.1. The van der Waals surface area contributed by atoms with Gasteiger partial charge in [0, 0.05) is 20.5 Å². The average molecular weight is 417 g/mol. The van der Waals surface area contributed by atoms with E-state index in [-0.39, 0.29) is 23.5 Å². The minimum atomic E-state index is -1.31. The van der Waals surface area contributed by atoms with Gasteiger partial charge in [-0.2, -0.15) is 0 Å². The predicted octanol–water partition coefficient (Wildman–Crippen LogP) is 3.78. The molecule has 0 bridgehead atoms. The Morgan fingerprint density at radius 2 is 1.47 bits per heavy atom. The van der Waals surface area contributed by atoms with Crippen molar-refractivity contribution in [1.29, 1.82) is 0 Å². The van der Waals surface area contributed by atoms with Crippen molar-refractivity contribution in [3.63, 3.8) is 0 Å². The summed E-state index contributed by atoms with van der Waals surface area (Å²) in [5.74, 6) is -0.662. The molecule has 1 aliphatic heterocycles. The lowest BCUT2D eigenvalue weighted by molar-refractivity contribution is -0.128. The number of piperidine rings is 1. The van der Waals surface area contributed by atoms with Gasteiger partial charge in [-0.1, -0.05) is 24.3 Å². The van der Waals surface area contributed by atoms with E-state index >= 15 is 0 Å². The van der Waals surface area contributed by atoms with Crippen molar-refractivity contribution in [3.05, 3.63) is 71.3 Å². The number of rotatable bonds is 7. The summed E-state index contributed by atoms with van der Waals surface area (Å²) in [5.41, 5.74) is -0.0787. The maximum Gasteiger partial charge on any atom is 0.222 e. The molecule has 1 fully saturated rings. The highest BCUT2D eigenvalue weighted by Crippen LogP contribution is 2.42. The standard InChI is InChI=1S/C24H30F2N2O2/c1-27(2)23(29)4-3-15-28-16-13-20(14-17-28)24(30,18-5-9-21(25)10-6-18)19-7-11-22(26)12-8-19/h5-12,20,30H,3-4,13-17H2,1-2H3. The fourth-order valence-corrected chi connectivity index (χ4v) is 4.30. The summed E-state index contributed by atoms with van der Waals surface area (Å²) in [6.45, 7) is 2.47. The molecule has 3 rings (SSSR count). The van der Waals surface area contributed by atoms with Gasteiger partial charge in [0.15, 0.2) is 0 Å². The van der Waals surface area contributed by atoms with Gasteiger partial charge in [-0.3, -0.25) is 4.79 Å². The number of hydrogen-bond acceptors (Lipinski definition) is 3. The first-order chi connectivity index (χ1) is 14.3. The highest BCUT2D eigenvalue weighted by molar-refractivity contribution is 5.75. The average Bonchev–Trinajstić information content (AvgIpc) is 2.74. The van der Waals surface area contributed by atoms with E-state index < -0.39 is 5.60 Å². The first-order valence-corrected chi connectivity index (χ1v) is 10.5. The summed E-state index contributed by atoms with van der Waals surface area (Å²) in [7, 11) is 3.53. The van der Waals surface area contributed by atoms with Crippen LogP contribution in [-0.2, 0) is 10.4 Å². The Morgan fingerprint density at radius 1 is 1.00 bits per heavy atom. The Labute approximate surface area is 177 Å². The number of halogens is 2. The Balaban J connectivity index is 1.72. The van der Waals surface area contributed by atoms with Crippen molar-refractivity contribution in [2.24, 2.45) is 5.92 Å². The van der Waals surface area contributed by atoms with Gasteiger partial charge in [-0.15, -0.1) is 0 Å². The highest BCUT2D eigenvalue weighted by Gasteiger charge is 2.41. The van der Waals surface area contributed by atoms with Crippen LogP contribution in [0.4, 0.5) is 8.78 Å². The van der Waals surface area contributed by atoms with Crippen LogP contribution in [0.15, 0.2) is 48.5 Å². The van der Waals surface area contributed by atoms with E-state index in [9.17, 15) is 18.7 Å².